The highest BCUT2D eigenvalue weighted by Gasteiger charge is 2.19. The van der Waals surface area contributed by atoms with E-state index in [1.54, 1.807) is 18.2 Å². The summed E-state index contributed by atoms with van der Waals surface area (Å²) in [5.74, 6) is -0.178. The Bertz CT molecular complexity index is 1060. The topological polar surface area (TPSA) is 63.3 Å². The molecule has 4 rings (SSSR count). The van der Waals surface area contributed by atoms with Crippen molar-refractivity contribution >= 4 is 35.7 Å². The molecule has 0 amide bonds. The van der Waals surface area contributed by atoms with E-state index in [2.05, 4.69) is 4.98 Å². The number of ketones is 1. The monoisotopic (exact) mass is 341 g/mol. The van der Waals surface area contributed by atoms with E-state index < -0.39 is 0 Å². The van der Waals surface area contributed by atoms with Crippen molar-refractivity contribution in [1.82, 2.24) is 4.98 Å². The third-order valence-corrected chi connectivity index (χ3v) is 4.08. The van der Waals surface area contributed by atoms with E-state index in [-0.39, 0.29) is 23.3 Å². The predicted molar refractivity (Wildman–Crippen MR) is 102 cm³/mol. The maximum Gasteiger partial charge on any atom is 0.310 e. The average molecular weight is 341 g/mol. The molecule has 3 aromatic rings. The van der Waals surface area contributed by atoms with Crippen molar-refractivity contribution in [2.45, 2.75) is 0 Å². The van der Waals surface area contributed by atoms with Crippen molar-refractivity contribution in [3.05, 3.63) is 88.9 Å². The van der Waals surface area contributed by atoms with E-state index in [9.17, 15) is 9.90 Å². The van der Waals surface area contributed by atoms with Crippen LogP contribution in [0.1, 0.15) is 28.3 Å². The molecule has 0 radical (unpaired) electrons. The summed E-state index contributed by atoms with van der Waals surface area (Å²) < 4.78 is 5.28. The summed E-state index contributed by atoms with van der Waals surface area (Å²) in [5.41, 5.74) is 3.46. The van der Waals surface area contributed by atoms with Crippen molar-refractivity contribution in [3.63, 3.8) is 0 Å². The first-order chi connectivity index (χ1) is 12.7. The Morgan fingerprint density at radius 1 is 0.923 bits per heavy atom. The number of hydrogen-bond donors (Lipinski definition) is 1. The molecule has 126 valence electrons. The number of aromatic hydroxyl groups is 1. The van der Waals surface area contributed by atoms with Crippen LogP contribution in [-0.2, 0) is 4.79 Å². The Kier molecular flexibility index (Phi) is 4.07. The van der Waals surface area contributed by atoms with Crippen LogP contribution in [0, 0.1) is 0 Å². The smallest absolute Gasteiger partial charge is 0.310 e. The standard InChI is InChI=1S/C22H15NO3/c24-20-12-11-16-8-4-5-9-17(16)18(20)14-19-22(25)26-21(23-19)13-10-15-6-2-1-3-7-15/h1-14,25H/b13-10-,18-14?. The number of rotatable bonds is 3. The summed E-state index contributed by atoms with van der Waals surface area (Å²) in [4.78, 5) is 16.6. The molecule has 0 saturated carbocycles. The molecule has 0 atom stereocenters. The molecule has 0 spiro atoms. The van der Waals surface area contributed by atoms with Gasteiger partial charge in [-0.3, -0.25) is 4.79 Å². The second kappa shape index (κ2) is 6.69. The van der Waals surface area contributed by atoms with E-state index >= 15 is 0 Å². The first kappa shape index (κ1) is 15.8. The van der Waals surface area contributed by atoms with Gasteiger partial charge < -0.3 is 9.52 Å². The van der Waals surface area contributed by atoms with Crippen LogP contribution in [0.5, 0.6) is 5.95 Å². The van der Waals surface area contributed by atoms with Crippen LogP contribution >= 0.6 is 0 Å². The van der Waals surface area contributed by atoms with Crippen molar-refractivity contribution in [2.24, 2.45) is 0 Å². The third kappa shape index (κ3) is 3.13. The number of aromatic nitrogens is 1. The van der Waals surface area contributed by atoms with Gasteiger partial charge in [0.1, 0.15) is 5.69 Å². The van der Waals surface area contributed by atoms with Gasteiger partial charge in [-0.25, -0.2) is 4.98 Å². The van der Waals surface area contributed by atoms with E-state index in [4.69, 9.17) is 4.42 Å². The molecule has 0 aliphatic heterocycles. The second-order valence-corrected chi connectivity index (χ2v) is 5.83. The van der Waals surface area contributed by atoms with Crippen LogP contribution in [0.4, 0.5) is 0 Å². The molecule has 0 saturated heterocycles. The number of nitrogens with zero attached hydrogens (tertiary/aromatic N) is 1. The van der Waals surface area contributed by atoms with Gasteiger partial charge in [-0.2, -0.15) is 0 Å². The van der Waals surface area contributed by atoms with E-state index in [1.165, 1.54) is 6.08 Å². The second-order valence-electron chi connectivity index (χ2n) is 5.83. The molecular formula is C22H15NO3. The van der Waals surface area contributed by atoms with Gasteiger partial charge in [-0.1, -0.05) is 60.7 Å². The zero-order valence-corrected chi connectivity index (χ0v) is 13.8. The van der Waals surface area contributed by atoms with Crippen LogP contribution in [-0.4, -0.2) is 15.9 Å². The minimum atomic E-state index is -0.315. The molecule has 1 aromatic heterocycles. The van der Waals surface area contributed by atoms with Gasteiger partial charge in [0, 0.05) is 11.6 Å². The lowest BCUT2D eigenvalue weighted by Crippen LogP contribution is -2.04. The van der Waals surface area contributed by atoms with Crippen molar-refractivity contribution in [1.29, 1.82) is 0 Å². The van der Waals surface area contributed by atoms with Gasteiger partial charge >= 0.3 is 5.95 Å². The number of carbonyl (C=O) groups excluding carboxylic acids is 1. The summed E-state index contributed by atoms with van der Waals surface area (Å²) in [6, 6.07) is 17.3. The summed E-state index contributed by atoms with van der Waals surface area (Å²) in [7, 11) is 0. The largest absolute Gasteiger partial charge is 0.479 e. The summed E-state index contributed by atoms with van der Waals surface area (Å²) in [6.07, 6.45) is 8.37. The van der Waals surface area contributed by atoms with Crippen molar-refractivity contribution in [2.75, 3.05) is 0 Å². The van der Waals surface area contributed by atoms with E-state index in [0.29, 0.717) is 5.57 Å². The third-order valence-electron chi connectivity index (χ3n) is 4.08. The minimum Gasteiger partial charge on any atom is -0.479 e. The van der Waals surface area contributed by atoms with Gasteiger partial charge in [0.25, 0.3) is 0 Å². The van der Waals surface area contributed by atoms with Crippen LogP contribution in [0.25, 0.3) is 29.9 Å². The molecule has 26 heavy (non-hydrogen) atoms. The van der Waals surface area contributed by atoms with Crippen molar-refractivity contribution in [3.8, 4) is 5.95 Å². The number of oxazole rings is 1. The predicted octanol–water partition coefficient (Wildman–Crippen LogP) is 4.69. The maximum atomic E-state index is 12.3. The zero-order chi connectivity index (χ0) is 17.9. The number of benzene rings is 2. The van der Waals surface area contributed by atoms with Crippen LogP contribution in [0.15, 0.2) is 65.1 Å². The molecule has 1 heterocycles. The fourth-order valence-electron chi connectivity index (χ4n) is 2.80. The molecule has 1 aliphatic carbocycles. The molecule has 4 heteroatoms. The van der Waals surface area contributed by atoms with Crippen LogP contribution in [0.2, 0.25) is 0 Å². The lowest BCUT2D eigenvalue weighted by molar-refractivity contribution is -0.109. The normalized spacial score (nSPS) is 14.9. The van der Waals surface area contributed by atoms with Gasteiger partial charge in [-0.15, -0.1) is 0 Å². The molecule has 4 nitrogen and oxygen atoms in total. The molecule has 0 bridgehead atoms. The summed E-state index contributed by atoms with van der Waals surface area (Å²) in [5, 5.41) is 10.1. The molecular weight excluding hydrogens is 326 g/mol. The Balaban J connectivity index is 1.68. The van der Waals surface area contributed by atoms with Crippen LogP contribution < -0.4 is 0 Å². The van der Waals surface area contributed by atoms with Gasteiger partial charge in [0.15, 0.2) is 5.78 Å². The van der Waals surface area contributed by atoms with Crippen molar-refractivity contribution < 1.29 is 14.3 Å². The fraction of sp³-hybridized carbons (Fsp3) is 0. The van der Waals surface area contributed by atoms with E-state index in [0.717, 1.165) is 16.7 Å². The van der Waals surface area contributed by atoms with E-state index in [1.807, 2.05) is 60.7 Å². The minimum absolute atomic E-state index is 0.132. The highest BCUT2D eigenvalue weighted by molar-refractivity contribution is 6.33. The summed E-state index contributed by atoms with van der Waals surface area (Å²) >= 11 is 0. The Morgan fingerprint density at radius 2 is 1.69 bits per heavy atom. The SMILES string of the molecule is O=C1C=Cc2ccccc2C1=Cc1nc(/C=C\c2ccccc2)oc1O. The first-order valence-electron chi connectivity index (χ1n) is 8.17. The molecule has 1 N–H and O–H groups in total. The number of fused-ring (bicyclic) bond motifs is 1. The maximum absolute atomic E-state index is 12.3. The highest BCUT2D eigenvalue weighted by atomic mass is 16.5. The zero-order valence-electron chi connectivity index (χ0n) is 13.8. The highest BCUT2D eigenvalue weighted by Crippen LogP contribution is 2.30. The summed E-state index contributed by atoms with van der Waals surface area (Å²) in [6.45, 7) is 0. The number of carbonyl (C=O) groups is 1. The molecule has 0 unspecified atom stereocenters. The number of hydrogen-bond acceptors (Lipinski definition) is 4. The quantitative estimate of drug-likeness (QED) is 0.702. The molecule has 1 aliphatic rings. The first-order valence-corrected chi connectivity index (χ1v) is 8.17. The molecule has 0 fully saturated rings. The Labute approximate surface area is 150 Å². The Morgan fingerprint density at radius 3 is 2.54 bits per heavy atom. The number of allylic oxidation sites excluding steroid dienone is 2. The van der Waals surface area contributed by atoms with Gasteiger partial charge in [-0.05, 0) is 34.9 Å². The van der Waals surface area contributed by atoms with Gasteiger partial charge in [0.05, 0.1) is 0 Å². The lowest BCUT2D eigenvalue weighted by Gasteiger charge is -2.12. The van der Waals surface area contributed by atoms with Gasteiger partial charge in [0.2, 0.25) is 5.89 Å². The lowest BCUT2D eigenvalue weighted by atomic mass is 9.91. The fourth-order valence-corrected chi connectivity index (χ4v) is 2.80. The van der Waals surface area contributed by atoms with Crippen LogP contribution in [0.3, 0.4) is 0 Å². The average Bonchev–Trinajstić information content (AvgIpc) is 3.03. The molecule has 2 aromatic carbocycles. The Hall–Kier alpha value is -3.66.